The molecule has 70 valence electrons. The molecule has 4 nitrogen and oxygen atoms in total. The summed E-state index contributed by atoms with van der Waals surface area (Å²) in [6, 6.07) is 2.15. The van der Waals surface area contributed by atoms with Gasteiger partial charge in [-0.05, 0) is 22.0 Å². The summed E-state index contributed by atoms with van der Waals surface area (Å²) in [5.74, 6) is -0.505. The number of benzene rings is 1. The molecule has 4 N–H and O–H groups in total. The monoisotopic (exact) mass is 248 g/mol. The van der Waals surface area contributed by atoms with Crippen molar-refractivity contribution in [2.24, 2.45) is 5.73 Å². The summed E-state index contributed by atoms with van der Waals surface area (Å²) in [5, 5.41) is 0. The van der Waals surface area contributed by atoms with Gasteiger partial charge >= 0.3 is 6.09 Å². The molecule has 0 spiro atoms. The zero-order chi connectivity index (χ0) is 10.0. The number of nitrogen functional groups attached to an aromatic ring is 1. The van der Waals surface area contributed by atoms with E-state index in [0.29, 0.717) is 0 Å². The third kappa shape index (κ3) is 2.32. The molecule has 0 radical (unpaired) electrons. The summed E-state index contributed by atoms with van der Waals surface area (Å²) in [7, 11) is 0. The normalized spacial score (nSPS) is 9.69. The second-order valence-corrected chi connectivity index (χ2v) is 3.08. The van der Waals surface area contributed by atoms with Gasteiger partial charge in [0.25, 0.3) is 0 Å². The third-order valence-corrected chi connectivity index (χ3v) is 1.83. The maximum Gasteiger partial charge on any atom is 0.410 e. The van der Waals surface area contributed by atoms with Crippen LogP contribution >= 0.6 is 15.9 Å². The first-order valence-corrected chi connectivity index (χ1v) is 4.02. The fourth-order valence-corrected chi connectivity index (χ4v) is 1.32. The fraction of sp³-hybridized carbons (Fsp3) is 0. The maximum atomic E-state index is 12.7. The SMILES string of the molecule is NC(=O)Oc1c(N)cc(F)cc1Br. The fourth-order valence-electron chi connectivity index (χ4n) is 0.789. The topological polar surface area (TPSA) is 78.3 Å². The van der Waals surface area contributed by atoms with Crippen molar-refractivity contribution in [1.82, 2.24) is 0 Å². The average Bonchev–Trinajstić information content (AvgIpc) is 1.96. The molecule has 1 amide bonds. The summed E-state index contributed by atoms with van der Waals surface area (Å²) in [4.78, 5) is 10.4. The van der Waals surface area contributed by atoms with Crippen LogP contribution in [0.25, 0.3) is 0 Å². The highest BCUT2D eigenvalue weighted by molar-refractivity contribution is 9.10. The van der Waals surface area contributed by atoms with Crippen LogP contribution in [0.1, 0.15) is 0 Å². The van der Waals surface area contributed by atoms with E-state index in [1.54, 1.807) is 0 Å². The summed E-state index contributed by atoms with van der Waals surface area (Å²) in [5.41, 5.74) is 10.1. The number of hydrogen-bond acceptors (Lipinski definition) is 3. The number of carbonyl (C=O) groups excluding carboxylic acids is 1. The molecule has 0 aliphatic heterocycles. The number of nitrogens with two attached hydrogens (primary N) is 2. The molecule has 0 aromatic heterocycles. The minimum Gasteiger partial charge on any atom is -0.407 e. The Morgan fingerprint density at radius 3 is 2.62 bits per heavy atom. The van der Waals surface area contributed by atoms with Gasteiger partial charge in [-0.1, -0.05) is 0 Å². The smallest absolute Gasteiger partial charge is 0.407 e. The summed E-state index contributed by atoms with van der Waals surface area (Å²) in [6.07, 6.45) is -1.00. The molecule has 0 unspecified atom stereocenters. The number of carbonyl (C=O) groups is 1. The molecule has 0 aliphatic rings. The molecule has 0 saturated carbocycles. The molecular formula is C7H6BrFN2O2. The van der Waals surface area contributed by atoms with Gasteiger partial charge in [0, 0.05) is 6.07 Å². The van der Waals surface area contributed by atoms with Crippen LogP contribution in [-0.4, -0.2) is 6.09 Å². The van der Waals surface area contributed by atoms with Gasteiger partial charge < -0.3 is 16.2 Å². The summed E-state index contributed by atoms with van der Waals surface area (Å²) in [6.45, 7) is 0. The largest absolute Gasteiger partial charge is 0.410 e. The quantitative estimate of drug-likeness (QED) is 0.742. The van der Waals surface area contributed by atoms with Crippen molar-refractivity contribution in [3.05, 3.63) is 22.4 Å². The zero-order valence-electron chi connectivity index (χ0n) is 6.38. The second kappa shape index (κ2) is 3.61. The van der Waals surface area contributed by atoms with Crippen LogP contribution in [0.15, 0.2) is 16.6 Å². The first kappa shape index (κ1) is 9.79. The van der Waals surface area contributed by atoms with Crippen molar-refractivity contribution in [1.29, 1.82) is 0 Å². The van der Waals surface area contributed by atoms with E-state index in [0.717, 1.165) is 12.1 Å². The van der Waals surface area contributed by atoms with Crippen LogP contribution in [0.2, 0.25) is 0 Å². The van der Waals surface area contributed by atoms with Crippen molar-refractivity contribution in [2.75, 3.05) is 5.73 Å². The number of rotatable bonds is 1. The van der Waals surface area contributed by atoms with Gasteiger partial charge in [0.1, 0.15) is 5.82 Å². The number of primary amides is 1. The lowest BCUT2D eigenvalue weighted by molar-refractivity contribution is 0.211. The molecule has 0 saturated heterocycles. The summed E-state index contributed by atoms with van der Waals surface area (Å²) < 4.78 is 17.4. The van der Waals surface area contributed by atoms with Gasteiger partial charge in [0.05, 0.1) is 10.2 Å². The lowest BCUT2D eigenvalue weighted by Gasteiger charge is -2.06. The van der Waals surface area contributed by atoms with E-state index in [-0.39, 0.29) is 15.9 Å². The number of anilines is 1. The second-order valence-electron chi connectivity index (χ2n) is 2.23. The number of amides is 1. The number of halogens is 2. The molecule has 1 rings (SSSR count). The Labute approximate surface area is 81.8 Å². The van der Waals surface area contributed by atoms with E-state index in [2.05, 4.69) is 20.7 Å². The Hall–Kier alpha value is -1.30. The van der Waals surface area contributed by atoms with E-state index >= 15 is 0 Å². The summed E-state index contributed by atoms with van der Waals surface area (Å²) >= 11 is 2.97. The first-order chi connectivity index (χ1) is 6.00. The van der Waals surface area contributed by atoms with Gasteiger partial charge in [-0.15, -0.1) is 0 Å². The van der Waals surface area contributed by atoms with E-state index in [9.17, 15) is 9.18 Å². The first-order valence-electron chi connectivity index (χ1n) is 3.22. The maximum absolute atomic E-state index is 12.7. The molecular weight excluding hydrogens is 243 g/mol. The molecule has 0 fully saturated rings. The Kier molecular flexibility index (Phi) is 2.72. The lowest BCUT2D eigenvalue weighted by atomic mass is 10.3. The zero-order valence-corrected chi connectivity index (χ0v) is 7.97. The Morgan fingerprint density at radius 1 is 1.54 bits per heavy atom. The van der Waals surface area contributed by atoms with E-state index in [4.69, 9.17) is 11.5 Å². The van der Waals surface area contributed by atoms with Crippen molar-refractivity contribution < 1.29 is 13.9 Å². The molecule has 6 heteroatoms. The van der Waals surface area contributed by atoms with Crippen molar-refractivity contribution in [3.63, 3.8) is 0 Å². The highest BCUT2D eigenvalue weighted by Gasteiger charge is 2.10. The van der Waals surface area contributed by atoms with Crippen LogP contribution in [0, 0.1) is 5.82 Å². The van der Waals surface area contributed by atoms with Gasteiger partial charge in [-0.3, -0.25) is 0 Å². The molecule has 1 aromatic rings. The predicted octanol–water partition coefficient (Wildman–Crippen LogP) is 1.63. The molecule has 0 aliphatic carbocycles. The van der Waals surface area contributed by atoms with E-state index in [1.165, 1.54) is 0 Å². The highest BCUT2D eigenvalue weighted by atomic mass is 79.9. The lowest BCUT2D eigenvalue weighted by Crippen LogP contribution is -2.17. The van der Waals surface area contributed by atoms with E-state index in [1.807, 2.05) is 0 Å². The average molecular weight is 249 g/mol. The highest BCUT2D eigenvalue weighted by Crippen LogP contribution is 2.32. The Morgan fingerprint density at radius 2 is 2.15 bits per heavy atom. The van der Waals surface area contributed by atoms with Gasteiger partial charge in [-0.2, -0.15) is 0 Å². The minimum atomic E-state index is -1.00. The minimum absolute atomic E-state index is 0.00525. The van der Waals surface area contributed by atoms with Crippen LogP contribution in [0.5, 0.6) is 5.75 Å². The molecule has 13 heavy (non-hydrogen) atoms. The van der Waals surface area contributed by atoms with Crippen molar-refractivity contribution >= 4 is 27.7 Å². The van der Waals surface area contributed by atoms with Crippen molar-refractivity contribution in [2.45, 2.75) is 0 Å². The Balaban J connectivity index is 3.13. The van der Waals surface area contributed by atoms with Gasteiger partial charge in [0.15, 0.2) is 5.75 Å². The van der Waals surface area contributed by atoms with Crippen molar-refractivity contribution in [3.8, 4) is 5.75 Å². The predicted molar refractivity (Wildman–Crippen MR) is 48.7 cm³/mol. The van der Waals surface area contributed by atoms with E-state index < -0.39 is 11.9 Å². The molecule has 0 bridgehead atoms. The van der Waals surface area contributed by atoms with Gasteiger partial charge in [-0.25, -0.2) is 9.18 Å². The van der Waals surface area contributed by atoms with Crippen LogP contribution in [0.3, 0.4) is 0 Å². The molecule has 0 atom stereocenters. The van der Waals surface area contributed by atoms with Crippen LogP contribution in [0.4, 0.5) is 14.9 Å². The standard InChI is InChI=1S/C7H6BrFN2O2/c8-4-1-3(9)2-5(10)6(4)13-7(11)12/h1-2H,10H2,(H2,11,12). The Bertz CT molecular complexity index is 333. The van der Waals surface area contributed by atoms with Gasteiger partial charge in [0.2, 0.25) is 0 Å². The molecule has 0 heterocycles. The van der Waals surface area contributed by atoms with Crippen LogP contribution in [-0.2, 0) is 0 Å². The molecule has 1 aromatic carbocycles. The third-order valence-electron chi connectivity index (χ3n) is 1.24. The number of ether oxygens (including phenoxy) is 1. The number of hydrogen-bond donors (Lipinski definition) is 2. The van der Waals surface area contributed by atoms with Crippen LogP contribution < -0.4 is 16.2 Å².